The molecule has 0 heterocycles. The quantitative estimate of drug-likeness (QED) is 0.485. The highest BCUT2D eigenvalue weighted by atomic mass is 19.4. The summed E-state index contributed by atoms with van der Waals surface area (Å²) in [6.45, 7) is 4.86. The first kappa shape index (κ1) is 15.7. The third kappa shape index (κ3) is 5.55. The zero-order valence-corrected chi connectivity index (χ0v) is 10.5. The zero-order valence-electron chi connectivity index (χ0n) is 10.5. The molecule has 0 N–H and O–H groups in total. The molecule has 0 amide bonds. The first-order chi connectivity index (χ1) is 9.17. The van der Waals surface area contributed by atoms with Crippen molar-refractivity contribution in [3.8, 4) is 11.5 Å². The first-order valence-electron chi connectivity index (χ1n) is 5.42. The van der Waals surface area contributed by atoms with Gasteiger partial charge >= 0.3 is 18.1 Å². The maximum Gasteiger partial charge on any atom is 0.399 e. The number of carbonyl (C=O) groups excluding carboxylic acids is 2. The highest BCUT2D eigenvalue weighted by Gasteiger charge is 2.32. The molecule has 1 aromatic rings. The molecule has 0 atom stereocenters. The molecule has 0 saturated heterocycles. The Balaban J connectivity index is 2.61. The Morgan fingerprint density at radius 1 is 1.10 bits per heavy atom. The topological polar surface area (TPSA) is 52.6 Å². The standard InChI is InChI=1S/C13H11F3O4/c1-8(2)12(18)20-10-5-3-9(4-6-10)19-11(17)7-13(14,15)16/h3-6H,1,7H2,2H3. The number of alkyl halides is 3. The van der Waals surface area contributed by atoms with Gasteiger partial charge in [-0.25, -0.2) is 4.79 Å². The van der Waals surface area contributed by atoms with Crippen LogP contribution in [-0.4, -0.2) is 18.1 Å². The van der Waals surface area contributed by atoms with E-state index < -0.39 is 24.5 Å². The Bertz CT molecular complexity index is 517. The number of esters is 2. The maximum absolute atomic E-state index is 11.9. The van der Waals surface area contributed by atoms with Crippen LogP contribution in [0.25, 0.3) is 0 Å². The third-order valence-electron chi connectivity index (χ3n) is 1.96. The highest BCUT2D eigenvalue weighted by molar-refractivity contribution is 5.88. The van der Waals surface area contributed by atoms with Gasteiger partial charge in [0.05, 0.1) is 0 Å². The molecule has 0 unspecified atom stereocenters. The van der Waals surface area contributed by atoms with Gasteiger partial charge in [-0.05, 0) is 31.2 Å². The van der Waals surface area contributed by atoms with Crippen molar-refractivity contribution in [3.63, 3.8) is 0 Å². The SMILES string of the molecule is C=C(C)C(=O)Oc1ccc(OC(=O)CC(F)(F)F)cc1. The molecule has 1 rings (SSSR count). The fourth-order valence-electron chi connectivity index (χ4n) is 1.10. The summed E-state index contributed by atoms with van der Waals surface area (Å²) >= 11 is 0. The normalized spacial score (nSPS) is 10.8. The van der Waals surface area contributed by atoms with Crippen LogP contribution in [0.4, 0.5) is 13.2 Å². The molecule has 1 aromatic carbocycles. The second-order valence-electron chi connectivity index (χ2n) is 3.91. The van der Waals surface area contributed by atoms with Crippen molar-refractivity contribution < 1.29 is 32.2 Å². The van der Waals surface area contributed by atoms with Gasteiger partial charge < -0.3 is 9.47 Å². The monoisotopic (exact) mass is 288 g/mol. The number of halogens is 3. The Morgan fingerprint density at radius 2 is 1.55 bits per heavy atom. The summed E-state index contributed by atoms with van der Waals surface area (Å²) in [6, 6.07) is 5.01. The fourth-order valence-corrected chi connectivity index (χ4v) is 1.10. The average Bonchev–Trinajstić information content (AvgIpc) is 2.28. The van der Waals surface area contributed by atoms with E-state index in [0.29, 0.717) is 0 Å². The van der Waals surface area contributed by atoms with Gasteiger partial charge in [-0.2, -0.15) is 13.2 Å². The number of rotatable bonds is 4. The van der Waals surface area contributed by atoms with Crippen molar-refractivity contribution in [2.75, 3.05) is 0 Å². The van der Waals surface area contributed by atoms with Gasteiger partial charge in [0.25, 0.3) is 0 Å². The molecule has 0 aromatic heterocycles. The second kappa shape index (κ2) is 6.23. The number of hydrogen-bond acceptors (Lipinski definition) is 4. The summed E-state index contributed by atoms with van der Waals surface area (Å²) in [7, 11) is 0. The molecule has 0 aliphatic rings. The lowest BCUT2D eigenvalue weighted by Crippen LogP contribution is -2.19. The van der Waals surface area contributed by atoms with Gasteiger partial charge in [0, 0.05) is 5.57 Å². The number of carbonyl (C=O) groups is 2. The second-order valence-corrected chi connectivity index (χ2v) is 3.91. The van der Waals surface area contributed by atoms with Gasteiger partial charge in [0.1, 0.15) is 17.9 Å². The predicted octanol–water partition coefficient (Wildman–Crippen LogP) is 3.03. The van der Waals surface area contributed by atoms with Gasteiger partial charge in [-0.1, -0.05) is 6.58 Å². The lowest BCUT2D eigenvalue weighted by atomic mass is 10.3. The first-order valence-corrected chi connectivity index (χ1v) is 5.42. The smallest absolute Gasteiger partial charge is 0.399 e. The van der Waals surface area contributed by atoms with Crippen molar-refractivity contribution in [1.82, 2.24) is 0 Å². The molecule has 0 saturated carbocycles. The third-order valence-corrected chi connectivity index (χ3v) is 1.96. The minimum absolute atomic E-state index is 0.0747. The zero-order chi connectivity index (χ0) is 15.3. The summed E-state index contributed by atoms with van der Waals surface area (Å²) < 4.78 is 45.1. The predicted molar refractivity (Wildman–Crippen MR) is 63.2 cm³/mol. The number of hydrogen-bond donors (Lipinski definition) is 0. The van der Waals surface area contributed by atoms with Crippen molar-refractivity contribution in [2.24, 2.45) is 0 Å². The fraction of sp³-hybridized carbons (Fsp3) is 0.231. The maximum atomic E-state index is 11.9. The number of ether oxygens (including phenoxy) is 2. The van der Waals surface area contributed by atoms with Crippen LogP contribution < -0.4 is 9.47 Å². The van der Waals surface area contributed by atoms with Crippen molar-refractivity contribution in [3.05, 3.63) is 36.4 Å². The summed E-state index contributed by atoms with van der Waals surface area (Å²) in [5.41, 5.74) is 0.200. The molecule has 0 fully saturated rings. The van der Waals surface area contributed by atoms with Gasteiger partial charge in [0.15, 0.2) is 0 Å². The van der Waals surface area contributed by atoms with E-state index in [2.05, 4.69) is 11.3 Å². The molecule has 7 heteroatoms. The largest absolute Gasteiger partial charge is 0.426 e. The highest BCUT2D eigenvalue weighted by Crippen LogP contribution is 2.22. The van der Waals surface area contributed by atoms with Crippen molar-refractivity contribution >= 4 is 11.9 Å². The van der Waals surface area contributed by atoms with E-state index in [4.69, 9.17) is 4.74 Å². The van der Waals surface area contributed by atoms with Crippen molar-refractivity contribution in [2.45, 2.75) is 19.5 Å². The van der Waals surface area contributed by atoms with Crippen LogP contribution in [0.1, 0.15) is 13.3 Å². The summed E-state index contributed by atoms with van der Waals surface area (Å²) in [5, 5.41) is 0. The average molecular weight is 288 g/mol. The van der Waals surface area contributed by atoms with Crippen LogP contribution in [0.2, 0.25) is 0 Å². The Labute approximate surface area is 112 Å². The van der Waals surface area contributed by atoms with Crippen molar-refractivity contribution in [1.29, 1.82) is 0 Å². The molecule has 0 bridgehead atoms. The Hall–Kier alpha value is -2.31. The van der Waals surface area contributed by atoms with E-state index in [1.165, 1.54) is 31.2 Å². The molecule has 0 aliphatic heterocycles. The molecule has 20 heavy (non-hydrogen) atoms. The van der Waals surface area contributed by atoms with E-state index in [0.717, 1.165) is 0 Å². The summed E-state index contributed by atoms with van der Waals surface area (Å²) in [5.74, 6) is -1.96. The van der Waals surface area contributed by atoms with Crippen LogP contribution in [0, 0.1) is 0 Å². The van der Waals surface area contributed by atoms with E-state index in [-0.39, 0.29) is 17.1 Å². The van der Waals surface area contributed by atoms with E-state index in [1.807, 2.05) is 0 Å². The minimum atomic E-state index is -4.62. The van der Waals surface area contributed by atoms with E-state index in [9.17, 15) is 22.8 Å². The Morgan fingerprint density at radius 3 is 1.95 bits per heavy atom. The van der Waals surface area contributed by atoms with Crippen LogP contribution in [-0.2, 0) is 9.59 Å². The molecule has 0 radical (unpaired) electrons. The Kier molecular flexibility index (Phi) is 4.90. The molecular formula is C13H11F3O4. The van der Waals surface area contributed by atoms with Gasteiger partial charge in [-0.3, -0.25) is 4.79 Å². The van der Waals surface area contributed by atoms with E-state index >= 15 is 0 Å². The van der Waals surface area contributed by atoms with Crippen LogP contribution in [0.15, 0.2) is 36.4 Å². The lowest BCUT2D eigenvalue weighted by Gasteiger charge is -2.08. The lowest BCUT2D eigenvalue weighted by molar-refractivity contribution is -0.164. The minimum Gasteiger partial charge on any atom is -0.426 e. The van der Waals surface area contributed by atoms with Crippen LogP contribution >= 0.6 is 0 Å². The molecular weight excluding hydrogens is 277 g/mol. The molecule has 4 nitrogen and oxygen atoms in total. The summed E-state index contributed by atoms with van der Waals surface area (Å²) in [4.78, 5) is 22.1. The van der Waals surface area contributed by atoms with E-state index in [1.54, 1.807) is 0 Å². The van der Waals surface area contributed by atoms with Gasteiger partial charge in [0.2, 0.25) is 0 Å². The molecule has 0 aliphatic carbocycles. The summed E-state index contributed by atoms with van der Waals surface area (Å²) in [6.07, 6.45) is -6.28. The number of benzene rings is 1. The van der Waals surface area contributed by atoms with Crippen LogP contribution in [0.3, 0.4) is 0 Å². The van der Waals surface area contributed by atoms with Gasteiger partial charge in [-0.15, -0.1) is 0 Å². The molecule has 108 valence electrons. The molecule has 0 spiro atoms. The van der Waals surface area contributed by atoms with Crippen LogP contribution in [0.5, 0.6) is 11.5 Å².